The number of anilines is 2. The number of carbonyl (C=O) groups excluding carboxylic acids is 1. The minimum Gasteiger partial charge on any atom is -0.368 e. The van der Waals surface area contributed by atoms with Crippen LogP contribution in [0.25, 0.3) is 0 Å². The Morgan fingerprint density at radius 3 is 1.81 bits per heavy atom. The molecule has 2 aliphatic rings. The number of rotatable bonds is 3. The van der Waals surface area contributed by atoms with E-state index < -0.39 is 0 Å². The average Bonchev–Trinajstić information content (AvgIpc) is 3.28. The first-order chi connectivity index (χ1) is 15.2. The van der Waals surface area contributed by atoms with E-state index in [0.717, 1.165) is 26.2 Å². The lowest BCUT2D eigenvalue weighted by Crippen LogP contribution is -2.48. The van der Waals surface area contributed by atoms with E-state index in [2.05, 4.69) is 64.4 Å². The maximum atomic E-state index is 12.7. The normalized spacial score (nSPS) is 15.5. The molecule has 1 amide bonds. The van der Waals surface area contributed by atoms with Gasteiger partial charge in [0.1, 0.15) is 0 Å². The lowest BCUT2D eigenvalue weighted by molar-refractivity contribution is 0.0747. The van der Waals surface area contributed by atoms with Gasteiger partial charge in [-0.1, -0.05) is 24.3 Å². The Labute approximate surface area is 182 Å². The van der Waals surface area contributed by atoms with Gasteiger partial charge in [-0.2, -0.15) is 5.26 Å². The number of piperazine rings is 1. The second-order valence-corrected chi connectivity index (χ2v) is 8.11. The van der Waals surface area contributed by atoms with Gasteiger partial charge in [-0.15, -0.1) is 0 Å². The standard InChI is InChI=1S/C26H24N4O/c27-17-20-5-7-21(8-6-20)26(31)29-15-13-28(14-16-29)24-9-11-25(12-10-24)30-18-22-3-1-2-4-23(22)19-30/h1-12H,13-16,18-19H2. The number of hydrogen-bond acceptors (Lipinski definition) is 4. The van der Waals surface area contributed by atoms with E-state index >= 15 is 0 Å². The van der Waals surface area contributed by atoms with Crippen LogP contribution in [0, 0.1) is 11.3 Å². The monoisotopic (exact) mass is 408 g/mol. The summed E-state index contributed by atoms with van der Waals surface area (Å²) in [4.78, 5) is 19.4. The molecule has 0 spiro atoms. The molecule has 0 bridgehead atoms. The molecular formula is C26H24N4O. The highest BCUT2D eigenvalue weighted by atomic mass is 16.2. The van der Waals surface area contributed by atoms with Crippen LogP contribution < -0.4 is 9.80 Å². The molecular weight excluding hydrogens is 384 g/mol. The van der Waals surface area contributed by atoms with E-state index in [-0.39, 0.29) is 5.91 Å². The predicted octanol–water partition coefficient (Wildman–Crippen LogP) is 4.04. The van der Waals surface area contributed by atoms with Gasteiger partial charge in [0.05, 0.1) is 11.6 Å². The van der Waals surface area contributed by atoms with Gasteiger partial charge in [0.2, 0.25) is 0 Å². The highest BCUT2D eigenvalue weighted by Gasteiger charge is 2.23. The highest BCUT2D eigenvalue weighted by molar-refractivity contribution is 5.94. The molecule has 2 heterocycles. The highest BCUT2D eigenvalue weighted by Crippen LogP contribution is 2.29. The maximum absolute atomic E-state index is 12.7. The molecule has 0 atom stereocenters. The molecule has 3 aromatic carbocycles. The summed E-state index contributed by atoms with van der Waals surface area (Å²) in [5.41, 5.74) is 6.48. The van der Waals surface area contributed by atoms with Gasteiger partial charge < -0.3 is 14.7 Å². The van der Waals surface area contributed by atoms with Crippen molar-refractivity contribution in [2.75, 3.05) is 36.0 Å². The Morgan fingerprint density at radius 1 is 0.710 bits per heavy atom. The van der Waals surface area contributed by atoms with Crippen molar-refractivity contribution in [3.8, 4) is 6.07 Å². The van der Waals surface area contributed by atoms with E-state index in [9.17, 15) is 4.79 Å². The minimum atomic E-state index is 0.0353. The zero-order valence-corrected chi connectivity index (χ0v) is 17.4. The van der Waals surface area contributed by atoms with Crippen LogP contribution in [0.3, 0.4) is 0 Å². The zero-order valence-electron chi connectivity index (χ0n) is 17.4. The molecule has 31 heavy (non-hydrogen) atoms. The average molecular weight is 409 g/mol. The van der Waals surface area contributed by atoms with Gasteiger partial charge in [0.25, 0.3) is 5.91 Å². The Balaban J connectivity index is 1.19. The third kappa shape index (κ3) is 3.85. The van der Waals surface area contributed by atoms with E-state index in [1.165, 1.54) is 22.5 Å². The van der Waals surface area contributed by atoms with Crippen LogP contribution in [0.2, 0.25) is 0 Å². The van der Waals surface area contributed by atoms with Gasteiger partial charge in [-0.05, 0) is 59.7 Å². The van der Waals surface area contributed by atoms with Crippen molar-refractivity contribution in [3.05, 3.63) is 95.1 Å². The summed E-state index contributed by atoms with van der Waals surface area (Å²) in [6, 6.07) is 26.4. The van der Waals surface area contributed by atoms with Gasteiger partial charge in [0, 0.05) is 56.2 Å². The summed E-state index contributed by atoms with van der Waals surface area (Å²) in [6.45, 7) is 4.95. The Bertz CT molecular complexity index is 1100. The van der Waals surface area contributed by atoms with Gasteiger partial charge >= 0.3 is 0 Å². The lowest BCUT2D eigenvalue weighted by Gasteiger charge is -2.36. The molecule has 0 saturated carbocycles. The summed E-state index contributed by atoms with van der Waals surface area (Å²) in [7, 11) is 0. The Kier molecular flexibility index (Phi) is 5.05. The van der Waals surface area contributed by atoms with Crippen LogP contribution in [-0.4, -0.2) is 37.0 Å². The fourth-order valence-corrected chi connectivity index (χ4v) is 4.43. The first-order valence-corrected chi connectivity index (χ1v) is 10.7. The molecule has 0 unspecified atom stereocenters. The molecule has 0 aliphatic carbocycles. The summed E-state index contributed by atoms with van der Waals surface area (Å²) in [5, 5.41) is 8.92. The quantitative estimate of drug-likeness (QED) is 0.656. The van der Waals surface area contributed by atoms with Crippen molar-refractivity contribution in [1.82, 2.24) is 4.90 Å². The van der Waals surface area contributed by atoms with Crippen LogP contribution in [0.15, 0.2) is 72.8 Å². The van der Waals surface area contributed by atoms with Crippen LogP contribution in [0.1, 0.15) is 27.0 Å². The van der Waals surface area contributed by atoms with E-state index in [1.54, 1.807) is 24.3 Å². The molecule has 154 valence electrons. The van der Waals surface area contributed by atoms with Crippen LogP contribution >= 0.6 is 0 Å². The molecule has 5 heteroatoms. The van der Waals surface area contributed by atoms with Crippen molar-refractivity contribution in [2.45, 2.75) is 13.1 Å². The van der Waals surface area contributed by atoms with Crippen LogP contribution in [-0.2, 0) is 13.1 Å². The summed E-state index contributed by atoms with van der Waals surface area (Å²) >= 11 is 0. The van der Waals surface area contributed by atoms with Gasteiger partial charge in [-0.3, -0.25) is 4.79 Å². The van der Waals surface area contributed by atoms with Gasteiger partial charge in [-0.25, -0.2) is 0 Å². The number of nitrogens with zero attached hydrogens (tertiary/aromatic N) is 4. The van der Waals surface area contributed by atoms with Gasteiger partial charge in [0.15, 0.2) is 0 Å². The number of hydrogen-bond donors (Lipinski definition) is 0. The van der Waals surface area contributed by atoms with Crippen molar-refractivity contribution in [2.24, 2.45) is 0 Å². The number of fused-ring (bicyclic) bond motifs is 1. The third-order valence-electron chi connectivity index (χ3n) is 6.25. The molecule has 1 saturated heterocycles. The Morgan fingerprint density at radius 2 is 1.26 bits per heavy atom. The van der Waals surface area contributed by atoms with E-state index in [4.69, 9.17) is 5.26 Å². The van der Waals surface area contributed by atoms with Crippen molar-refractivity contribution >= 4 is 17.3 Å². The van der Waals surface area contributed by atoms with Crippen LogP contribution in [0.4, 0.5) is 11.4 Å². The second-order valence-electron chi connectivity index (χ2n) is 8.11. The van der Waals surface area contributed by atoms with E-state index in [0.29, 0.717) is 24.2 Å². The molecule has 0 aromatic heterocycles. The molecule has 1 fully saturated rings. The summed E-state index contributed by atoms with van der Waals surface area (Å²) in [6.07, 6.45) is 0. The summed E-state index contributed by atoms with van der Waals surface area (Å²) < 4.78 is 0. The molecule has 0 N–H and O–H groups in total. The maximum Gasteiger partial charge on any atom is 0.253 e. The van der Waals surface area contributed by atoms with Crippen molar-refractivity contribution in [3.63, 3.8) is 0 Å². The predicted molar refractivity (Wildman–Crippen MR) is 122 cm³/mol. The lowest BCUT2D eigenvalue weighted by atomic mass is 10.1. The minimum absolute atomic E-state index is 0.0353. The zero-order chi connectivity index (χ0) is 21.2. The number of carbonyl (C=O) groups is 1. The first kappa shape index (κ1) is 19.2. The van der Waals surface area contributed by atoms with Crippen molar-refractivity contribution in [1.29, 1.82) is 5.26 Å². The number of amides is 1. The topological polar surface area (TPSA) is 50.6 Å². The second kappa shape index (κ2) is 8.16. The first-order valence-electron chi connectivity index (χ1n) is 10.7. The number of benzene rings is 3. The van der Waals surface area contributed by atoms with Crippen molar-refractivity contribution < 1.29 is 4.79 Å². The fourth-order valence-electron chi connectivity index (χ4n) is 4.43. The molecule has 3 aromatic rings. The fraction of sp³-hybridized carbons (Fsp3) is 0.231. The molecule has 0 radical (unpaired) electrons. The summed E-state index contributed by atoms with van der Waals surface area (Å²) in [5.74, 6) is 0.0353. The SMILES string of the molecule is N#Cc1ccc(C(=O)N2CCN(c3ccc(N4Cc5ccccc5C4)cc3)CC2)cc1. The Hall–Kier alpha value is -3.78. The van der Waals surface area contributed by atoms with Crippen LogP contribution in [0.5, 0.6) is 0 Å². The number of nitriles is 1. The molecule has 2 aliphatic heterocycles. The largest absolute Gasteiger partial charge is 0.368 e. The smallest absolute Gasteiger partial charge is 0.253 e. The molecule has 5 nitrogen and oxygen atoms in total. The molecule has 5 rings (SSSR count). The van der Waals surface area contributed by atoms with E-state index in [1.807, 2.05) is 4.90 Å². The third-order valence-corrected chi connectivity index (χ3v) is 6.25.